The number of hydrogen-bond donors (Lipinski definition) is 1. The van der Waals surface area contributed by atoms with Crippen molar-refractivity contribution in [3.8, 4) is 6.07 Å². The molecule has 1 fully saturated rings. The third-order valence-corrected chi connectivity index (χ3v) is 2.81. The van der Waals surface area contributed by atoms with Crippen LogP contribution >= 0.6 is 0 Å². The fourth-order valence-electron chi connectivity index (χ4n) is 1.90. The highest BCUT2D eigenvalue weighted by atomic mass is 16.5. The normalized spacial score (nSPS) is 19.8. The average molecular weight is 235 g/mol. The van der Waals surface area contributed by atoms with E-state index < -0.39 is 11.2 Å². The molecule has 6 heteroatoms. The minimum Gasteiger partial charge on any atom is -0.376 e. The van der Waals surface area contributed by atoms with E-state index in [1.165, 1.54) is 10.8 Å². The SMILES string of the molecule is N#Cc1cn(CC2CCCCO2)c(=O)[nH]c1=O. The number of aromatic amines is 1. The van der Waals surface area contributed by atoms with Crippen molar-refractivity contribution in [2.45, 2.75) is 31.9 Å². The Labute approximate surface area is 97.5 Å². The molecule has 1 atom stereocenters. The highest BCUT2D eigenvalue weighted by Crippen LogP contribution is 2.13. The second-order valence-corrected chi connectivity index (χ2v) is 4.05. The summed E-state index contributed by atoms with van der Waals surface area (Å²) in [6.45, 7) is 1.08. The molecule has 0 radical (unpaired) electrons. The van der Waals surface area contributed by atoms with Crippen molar-refractivity contribution in [1.29, 1.82) is 5.26 Å². The average Bonchev–Trinajstić information content (AvgIpc) is 2.34. The van der Waals surface area contributed by atoms with Crippen LogP contribution in [0.1, 0.15) is 24.8 Å². The van der Waals surface area contributed by atoms with Crippen LogP contribution in [0.15, 0.2) is 15.8 Å². The Morgan fingerprint density at radius 2 is 2.35 bits per heavy atom. The maximum Gasteiger partial charge on any atom is 0.328 e. The summed E-state index contributed by atoms with van der Waals surface area (Å²) in [5, 5.41) is 8.72. The molecule has 0 spiro atoms. The van der Waals surface area contributed by atoms with E-state index in [0.29, 0.717) is 13.2 Å². The van der Waals surface area contributed by atoms with Gasteiger partial charge >= 0.3 is 5.69 Å². The van der Waals surface area contributed by atoms with Gasteiger partial charge in [-0.1, -0.05) is 0 Å². The first-order valence-corrected chi connectivity index (χ1v) is 5.56. The molecule has 2 rings (SSSR count). The molecule has 6 nitrogen and oxygen atoms in total. The third-order valence-electron chi connectivity index (χ3n) is 2.81. The largest absolute Gasteiger partial charge is 0.376 e. The Bertz CT molecular complexity index is 546. The van der Waals surface area contributed by atoms with Crippen molar-refractivity contribution in [2.24, 2.45) is 0 Å². The van der Waals surface area contributed by atoms with Crippen LogP contribution in [0.3, 0.4) is 0 Å². The van der Waals surface area contributed by atoms with Crippen molar-refractivity contribution in [3.05, 3.63) is 32.6 Å². The summed E-state index contributed by atoms with van der Waals surface area (Å²) in [6.07, 6.45) is 4.29. The summed E-state index contributed by atoms with van der Waals surface area (Å²) < 4.78 is 6.84. The summed E-state index contributed by atoms with van der Waals surface area (Å²) in [4.78, 5) is 24.8. The molecule has 1 saturated heterocycles. The van der Waals surface area contributed by atoms with Gasteiger partial charge in [-0.3, -0.25) is 14.3 Å². The third kappa shape index (κ3) is 2.63. The summed E-state index contributed by atoms with van der Waals surface area (Å²) in [5.41, 5.74) is -1.19. The van der Waals surface area contributed by atoms with Gasteiger partial charge in [0.15, 0.2) is 0 Å². The molecule has 1 N–H and O–H groups in total. The molecule has 1 unspecified atom stereocenters. The highest BCUT2D eigenvalue weighted by molar-refractivity contribution is 5.21. The van der Waals surface area contributed by atoms with Gasteiger partial charge in [-0.2, -0.15) is 5.26 Å². The van der Waals surface area contributed by atoms with Gasteiger partial charge in [-0.25, -0.2) is 4.79 Å². The number of H-pyrrole nitrogens is 1. The van der Waals surface area contributed by atoms with E-state index in [9.17, 15) is 9.59 Å². The van der Waals surface area contributed by atoms with Gasteiger partial charge in [0.25, 0.3) is 5.56 Å². The van der Waals surface area contributed by atoms with Crippen LogP contribution in [0.4, 0.5) is 0 Å². The summed E-state index contributed by atoms with van der Waals surface area (Å²) in [5.74, 6) is 0. The maximum atomic E-state index is 11.5. The van der Waals surface area contributed by atoms with E-state index in [1.807, 2.05) is 0 Å². The Kier molecular flexibility index (Phi) is 3.40. The fourth-order valence-corrected chi connectivity index (χ4v) is 1.90. The molecule has 1 aliphatic rings. The van der Waals surface area contributed by atoms with E-state index in [4.69, 9.17) is 10.00 Å². The standard InChI is InChI=1S/C11H13N3O3/c12-5-8-6-14(11(16)13-10(8)15)7-9-3-1-2-4-17-9/h6,9H,1-4,7H2,(H,13,15,16). The predicted molar refractivity (Wildman–Crippen MR) is 59.6 cm³/mol. The van der Waals surface area contributed by atoms with Crippen LogP contribution in [-0.4, -0.2) is 22.3 Å². The van der Waals surface area contributed by atoms with E-state index in [0.717, 1.165) is 19.3 Å². The van der Waals surface area contributed by atoms with E-state index in [-0.39, 0.29) is 11.7 Å². The molecular formula is C11H13N3O3. The molecule has 1 aliphatic heterocycles. The molecule has 0 aliphatic carbocycles. The molecule has 1 aromatic rings. The summed E-state index contributed by atoms with van der Waals surface area (Å²) in [6, 6.07) is 1.76. The molecule has 2 heterocycles. The number of aromatic nitrogens is 2. The predicted octanol–water partition coefficient (Wildman–Crippen LogP) is -0.0226. The van der Waals surface area contributed by atoms with Crippen LogP contribution in [-0.2, 0) is 11.3 Å². The minimum atomic E-state index is -0.640. The molecule has 0 aromatic carbocycles. The Morgan fingerprint density at radius 3 is 3.00 bits per heavy atom. The zero-order chi connectivity index (χ0) is 12.3. The lowest BCUT2D eigenvalue weighted by Crippen LogP contribution is -2.35. The fraction of sp³-hybridized carbons (Fsp3) is 0.545. The van der Waals surface area contributed by atoms with Crippen molar-refractivity contribution >= 4 is 0 Å². The number of hydrogen-bond acceptors (Lipinski definition) is 4. The molecule has 17 heavy (non-hydrogen) atoms. The molecule has 90 valence electrons. The Hall–Kier alpha value is -1.87. The van der Waals surface area contributed by atoms with Gasteiger partial charge in [0.05, 0.1) is 12.6 Å². The smallest absolute Gasteiger partial charge is 0.328 e. The van der Waals surface area contributed by atoms with Gasteiger partial charge < -0.3 is 4.74 Å². The molecule has 0 bridgehead atoms. The van der Waals surface area contributed by atoms with Crippen molar-refractivity contribution < 1.29 is 4.74 Å². The van der Waals surface area contributed by atoms with Crippen LogP contribution in [0, 0.1) is 11.3 Å². The monoisotopic (exact) mass is 235 g/mol. The topological polar surface area (TPSA) is 87.9 Å². The van der Waals surface area contributed by atoms with Crippen molar-refractivity contribution in [3.63, 3.8) is 0 Å². The van der Waals surface area contributed by atoms with E-state index in [1.54, 1.807) is 6.07 Å². The number of rotatable bonds is 2. The number of nitriles is 1. The van der Waals surface area contributed by atoms with Crippen LogP contribution < -0.4 is 11.2 Å². The van der Waals surface area contributed by atoms with Gasteiger partial charge in [0.2, 0.25) is 0 Å². The highest BCUT2D eigenvalue weighted by Gasteiger charge is 2.15. The Morgan fingerprint density at radius 1 is 1.53 bits per heavy atom. The van der Waals surface area contributed by atoms with Gasteiger partial charge in [-0.15, -0.1) is 0 Å². The molecule has 1 aromatic heterocycles. The second kappa shape index (κ2) is 4.97. The van der Waals surface area contributed by atoms with Crippen molar-refractivity contribution in [1.82, 2.24) is 9.55 Å². The maximum absolute atomic E-state index is 11.5. The van der Waals surface area contributed by atoms with Crippen LogP contribution in [0.2, 0.25) is 0 Å². The second-order valence-electron chi connectivity index (χ2n) is 4.05. The first kappa shape index (κ1) is 11.6. The zero-order valence-electron chi connectivity index (χ0n) is 9.31. The molecule has 0 amide bonds. The van der Waals surface area contributed by atoms with Gasteiger partial charge in [-0.05, 0) is 19.3 Å². The summed E-state index contributed by atoms with van der Waals surface area (Å²) >= 11 is 0. The number of ether oxygens (including phenoxy) is 1. The lowest BCUT2D eigenvalue weighted by molar-refractivity contribution is 0.00518. The van der Waals surface area contributed by atoms with Gasteiger partial charge in [0.1, 0.15) is 11.6 Å². The van der Waals surface area contributed by atoms with Crippen LogP contribution in [0.5, 0.6) is 0 Å². The zero-order valence-corrected chi connectivity index (χ0v) is 9.31. The number of nitrogens with zero attached hydrogens (tertiary/aromatic N) is 2. The van der Waals surface area contributed by atoms with E-state index in [2.05, 4.69) is 4.98 Å². The minimum absolute atomic E-state index is 0.0149. The summed E-state index contributed by atoms with van der Waals surface area (Å²) in [7, 11) is 0. The quantitative estimate of drug-likeness (QED) is 0.780. The lowest BCUT2D eigenvalue weighted by atomic mass is 10.1. The number of nitrogens with one attached hydrogen (secondary N) is 1. The van der Waals surface area contributed by atoms with E-state index >= 15 is 0 Å². The van der Waals surface area contributed by atoms with Gasteiger partial charge in [0, 0.05) is 12.8 Å². The first-order valence-electron chi connectivity index (χ1n) is 5.56. The lowest BCUT2D eigenvalue weighted by Gasteiger charge is -2.22. The molecular weight excluding hydrogens is 222 g/mol. The van der Waals surface area contributed by atoms with Crippen LogP contribution in [0.25, 0.3) is 0 Å². The Balaban J connectivity index is 2.23. The first-order chi connectivity index (χ1) is 8.20. The van der Waals surface area contributed by atoms with Crippen molar-refractivity contribution in [2.75, 3.05) is 6.61 Å². The molecule has 0 saturated carbocycles.